The number of amides is 1. The minimum atomic E-state index is -0.225. The van der Waals surface area contributed by atoms with Gasteiger partial charge in [0.2, 0.25) is 0 Å². The summed E-state index contributed by atoms with van der Waals surface area (Å²) in [6.07, 6.45) is -0.225. The first-order valence-corrected chi connectivity index (χ1v) is 4.74. The third-order valence-corrected chi connectivity index (χ3v) is 2.10. The van der Waals surface area contributed by atoms with Crippen LogP contribution in [0.3, 0.4) is 0 Å². The van der Waals surface area contributed by atoms with Crippen LogP contribution in [0, 0.1) is 0 Å². The summed E-state index contributed by atoms with van der Waals surface area (Å²) < 4.78 is 7.67. The number of hydrogen-bond donors (Lipinski definition) is 2. The lowest BCUT2D eigenvalue weighted by Gasteiger charge is -2.12. The van der Waals surface area contributed by atoms with Crippen LogP contribution in [-0.4, -0.2) is 43.7 Å². The molecule has 2 N–H and O–H groups in total. The van der Waals surface area contributed by atoms with Crippen LogP contribution in [0.15, 0.2) is 0 Å². The zero-order valence-electron chi connectivity index (χ0n) is 7.00. The van der Waals surface area contributed by atoms with Crippen LogP contribution in [0.4, 0.5) is 4.79 Å². The molecule has 6 heteroatoms. The first-order chi connectivity index (χ1) is 5.84. The molecule has 0 aliphatic carbocycles. The van der Waals surface area contributed by atoms with Gasteiger partial charge in [-0.25, -0.2) is 4.79 Å². The van der Waals surface area contributed by atoms with Crippen molar-refractivity contribution >= 4 is 18.0 Å². The summed E-state index contributed by atoms with van der Waals surface area (Å²) in [5, 5.41) is 3.08. The van der Waals surface area contributed by atoms with Gasteiger partial charge in [0.15, 0.2) is 0 Å². The number of nitrogens with one attached hydrogen (secondary N) is 2. The van der Waals surface area contributed by atoms with Crippen LogP contribution < -0.4 is 10.0 Å². The highest BCUT2D eigenvalue weighted by molar-refractivity contribution is 7.97. The summed E-state index contributed by atoms with van der Waals surface area (Å²) in [6.45, 7) is 1.77. The van der Waals surface area contributed by atoms with E-state index in [2.05, 4.69) is 10.0 Å². The Morgan fingerprint density at radius 3 is 3.17 bits per heavy atom. The van der Waals surface area contributed by atoms with Crippen molar-refractivity contribution in [3.8, 4) is 0 Å². The van der Waals surface area contributed by atoms with Gasteiger partial charge < -0.3 is 4.74 Å². The number of ether oxygens (including phenoxy) is 1. The maximum absolute atomic E-state index is 10.9. The smallest absolute Gasteiger partial charge is 0.410 e. The Hall–Kier alpha value is -0.460. The van der Waals surface area contributed by atoms with Crippen LogP contribution in [0.1, 0.15) is 0 Å². The van der Waals surface area contributed by atoms with Crippen LogP contribution in [0.25, 0.3) is 0 Å². The molecular weight excluding hydrogens is 178 g/mol. The van der Waals surface area contributed by atoms with E-state index in [9.17, 15) is 4.79 Å². The first-order valence-electron chi connectivity index (χ1n) is 3.75. The van der Waals surface area contributed by atoms with E-state index < -0.39 is 0 Å². The SMILES string of the molecule is CNSCNCN1CCOC1=O. The van der Waals surface area contributed by atoms with Crippen molar-refractivity contribution in [2.45, 2.75) is 0 Å². The molecule has 0 saturated carbocycles. The Morgan fingerprint density at radius 1 is 1.75 bits per heavy atom. The fraction of sp³-hybridized carbons (Fsp3) is 0.833. The highest BCUT2D eigenvalue weighted by Crippen LogP contribution is 2.00. The molecule has 0 aromatic carbocycles. The van der Waals surface area contributed by atoms with Gasteiger partial charge in [0.05, 0.1) is 19.1 Å². The van der Waals surface area contributed by atoms with Crippen LogP contribution in [0.2, 0.25) is 0 Å². The summed E-state index contributed by atoms with van der Waals surface area (Å²) in [7, 11) is 1.86. The molecule has 0 aromatic rings. The Labute approximate surface area is 76.0 Å². The molecule has 1 aliphatic heterocycles. The zero-order valence-corrected chi connectivity index (χ0v) is 7.82. The largest absolute Gasteiger partial charge is 0.447 e. The van der Waals surface area contributed by atoms with Gasteiger partial charge in [-0.15, -0.1) is 0 Å². The number of rotatable bonds is 5. The summed E-state index contributed by atoms with van der Waals surface area (Å²) in [4.78, 5) is 12.5. The van der Waals surface area contributed by atoms with Gasteiger partial charge in [0.1, 0.15) is 6.61 Å². The van der Waals surface area contributed by atoms with Crippen LogP contribution in [0.5, 0.6) is 0 Å². The van der Waals surface area contributed by atoms with Crippen molar-refractivity contribution in [2.24, 2.45) is 0 Å². The molecule has 1 heterocycles. The van der Waals surface area contributed by atoms with Crippen molar-refractivity contribution in [3.63, 3.8) is 0 Å². The molecule has 5 nitrogen and oxygen atoms in total. The topological polar surface area (TPSA) is 53.6 Å². The highest BCUT2D eigenvalue weighted by Gasteiger charge is 2.20. The second kappa shape index (κ2) is 5.23. The van der Waals surface area contributed by atoms with Crippen LogP contribution in [-0.2, 0) is 4.74 Å². The van der Waals surface area contributed by atoms with Crippen molar-refractivity contribution in [2.75, 3.05) is 32.7 Å². The third kappa shape index (κ3) is 2.88. The number of nitrogens with zero attached hydrogens (tertiary/aromatic N) is 1. The second-order valence-corrected chi connectivity index (χ2v) is 3.26. The molecule has 0 bridgehead atoms. The molecule has 0 atom stereocenters. The number of cyclic esters (lactones) is 1. The minimum Gasteiger partial charge on any atom is -0.447 e. The van der Waals surface area contributed by atoms with Crippen molar-refractivity contribution in [1.82, 2.24) is 14.9 Å². The monoisotopic (exact) mass is 191 g/mol. The van der Waals surface area contributed by atoms with Crippen LogP contribution >= 0.6 is 11.9 Å². The van der Waals surface area contributed by atoms with Crippen molar-refractivity contribution < 1.29 is 9.53 Å². The molecule has 1 saturated heterocycles. The summed E-state index contributed by atoms with van der Waals surface area (Å²) in [5.41, 5.74) is 0. The maximum atomic E-state index is 10.9. The van der Waals surface area contributed by atoms with Gasteiger partial charge in [-0.3, -0.25) is 14.9 Å². The van der Waals surface area contributed by atoms with E-state index in [4.69, 9.17) is 4.74 Å². The van der Waals surface area contributed by atoms with Gasteiger partial charge >= 0.3 is 6.09 Å². The lowest BCUT2D eigenvalue weighted by Crippen LogP contribution is -2.34. The lowest BCUT2D eigenvalue weighted by molar-refractivity contribution is 0.157. The van der Waals surface area contributed by atoms with E-state index in [-0.39, 0.29) is 6.09 Å². The molecule has 1 fully saturated rings. The normalized spacial score (nSPS) is 16.8. The Morgan fingerprint density at radius 2 is 2.58 bits per heavy atom. The van der Waals surface area contributed by atoms with Crippen molar-refractivity contribution in [3.05, 3.63) is 0 Å². The van der Waals surface area contributed by atoms with E-state index >= 15 is 0 Å². The molecule has 0 aromatic heterocycles. The van der Waals surface area contributed by atoms with E-state index in [0.29, 0.717) is 19.8 Å². The molecule has 0 unspecified atom stereocenters. The van der Waals surface area contributed by atoms with E-state index in [1.165, 1.54) is 0 Å². The van der Waals surface area contributed by atoms with E-state index in [0.717, 1.165) is 5.88 Å². The van der Waals surface area contributed by atoms with Gasteiger partial charge in [0, 0.05) is 0 Å². The number of hydrogen-bond acceptors (Lipinski definition) is 5. The summed E-state index contributed by atoms with van der Waals surface area (Å²) >= 11 is 1.55. The molecule has 12 heavy (non-hydrogen) atoms. The lowest BCUT2D eigenvalue weighted by atomic mass is 10.6. The Kier molecular flexibility index (Phi) is 4.20. The average Bonchev–Trinajstić information content (AvgIpc) is 2.46. The molecule has 0 radical (unpaired) electrons. The summed E-state index contributed by atoms with van der Waals surface area (Å²) in [5.74, 6) is 0.778. The first kappa shape index (κ1) is 9.63. The highest BCUT2D eigenvalue weighted by atomic mass is 32.2. The average molecular weight is 191 g/mol. The Balaban J connectivity index is 2.02. The molecule has 1 aliphatic rings. The van der Waals surface area contributed by atoms with E-state index in [1.807, 2.05) is 7.05 Å². The fourth-order valence-corrected chi connectivity index (χ4v) is 1.21. The fourth-order valence-electron chi connectivity index (χ4n) is 0.873. The quantitative estimate of drug-likeness (QED) is 0.358. The molecule has 0 spiro atoms. The van der Waals surface area contributed by atoms with Gasteiger partial charge in [-0.05, 0) is 7.05 Å². The predicted octanol–water partition coefficient (Wildman–Crippen LogP) is -0.189. The number of carbonyl (C=O) groups is 1. The summed E-state index contributed by atoms with van der Waals surface area (Å²) in [6, 6.07) is 0. The molecule has 70 valence electrons. The molecular formula is C6H13N3O2S. The van der Waals surface area contributed by atoms with Gasteiger partial charge in [-0.1, -0.05) is 11.9 Å². The zero-order chi connectivity index (χ0) is 8.81. The molecule has 1 rings (SSSR count). The van der Waals surface area contributed by atoms with Gasteiger partial charge in [0.25, 0.3) is 0 Å². The Bertz CT molecular complexity index is 156. The second-order valence-electron chi connectivity index (χ2n) is 2.28. The maximum Gasteiger partial charge on any atom is 0.410 e. The molecule has 1 amide bonds. The standard InChI is InChI=1S/C6H13N3O2S/c1-7-12-5-8-4-9-2-3-11-6(9)10/h7-8H,2-5H2,1H3. The number of carbonyl (C=O) groups excluding carboxylic acids is 1. The van der Waals surface area contributed by atoms with Gasteiger partial charge in [-0.2, -0.15) is 0 Å². The van der Waals surface area contributed by atoms with E-state index in [1.54, 1.807) is 16.8 Å². The third-order valence-electron chi connectivity index (χ3n) is 1.47. The predicted molar refractivity (Wildman–Crippen MR) is 47.6 cm³/mol. The van der Waals surface area contributed by atoms with Crippen molar-refractivity contribution in [1.29, 1.82) is 0 Å². The minimum absolute atomic E-state index is 0.225.